The minimum Gasteiger partial charge on any atom is -0.339 e. The maximum absolute atomic E-state index is 13.7. The van der Waals surface area contributed by atoms with E-state index in [1.807, 2.05) is 0 Å². The number of nitrogens with zero attached hydrogens (tertiary/aromatic N) is 2. The monoisotopic (exact) mass is 447 g/mol. The van der Waals surface area contributed by atoms with Crippen molar-refractivity contribution in [1.29, 1.82) is 0 Å². The quantitative estimate of drug-likeness (QED) is 0.781. The Morgan fingerprint density at radius 1 is 1.06 bits per heavy atom. The molecule has 2 atom stereocenters. The molecule has 31 heavy (non-hydrogen) atoms. The summed E-state index contributed by atoms with van der Waals surface area (Å²) in [7, 11) is 0. The Labute approximate surface area is 184 Å². The number of fused-ring (bicyclic) bond motifs is 1. The van der Waals surface area contributed by atoms with Crippen molar-refractivity contribution in [3.8, 4) is 0 Å². The lowest BCUT2D eigenvalue weighted by atomic mass is 9.91. The molecule has 1 aliphatic carbocycles. The average molecular weight is 448 g/mol. The van der Waals surface area contributed by atoms with E-state index in [-0.39, 0.29) is 24.2 Å². The van der Waals surface area contributed by atoms with Crippen LogP contribution in [-0.4, -0.2) is 53.8 Å². The first-order chi connectivity index (χ1) is 14.8. The number of piperazine rings is 1. The molecule has 164 valence electrons. The van der Waals surface area contributed by atoms with Crippen LogP contribution in [0.3, 0.4) is 0 Å². The summed E-state index contributed by atoms with van der Waals surface area (Å²) in [5.74, 6) is -2.10. The molecule has 0 bridgehead atoms. The van der Waals surface area contributed by atoms with Crippen molar-refractivity contribution >= 4 is 23.4 Å². The molecule has 2 N–H and O–H groups in total. The van der Waals surface area contributed by atoms with E-state index in [4.69, 9.17) is 17.3 Å². The van der Waals surface area contributed by atoms with Crippen LogP contribution in [0.1, 0.15) is 40.2 Å². The Balaban J connectivity index is 1.33. The molecule has 0 saturated carbocycles. The minimum atomic E-state index is -0.885. The molecule has 0 spiro atoms. The fraction of sp³-hybridized carbons (Fsp3) is 0.391. The lowest BCUT2D eigenvalue weighted by molar-refractivity contribution is -0.133. The molecule has 4 rings (SSSR count). The molecule has 0 radical (unpaired) electrons. The van der Waals surface area contributed by atoms with Gasteiger partial charge in [-0.3, -0.25) is 9.59 Å². The van der Waals surface area contributed by atoms with Crippen LogP contribution < -0.4 is 5.73 Å². The number of rotatable bonds is 4. The Kier molecular flexibility index (Phi) is 6.25. The summed E-state index contributed by atoms with van der Waals surface area (Å²) in [5, 5.41) is 0.504. The van der Waals surface area contributed by atoms with Crippen molar-refractivity contribution in [3.05, 3.63) is 69.7 Å². The number of hydrogen-bond acceptors (Lipinski definition) is 3. The summed E-state index contributed by atoms with van der Waals surface area (Å²) in [6.07, 6.45) is 1.43. The zero-order valence-corrected chi connectivity index (χ0v) is 17.7. The molecule has 2 aromatic carbocycles. The normalized spacial score (nSPS) is 19.3. The highest BCUT2D eigenvalue weighted by molar-refractivity contribution is 6.30. The number of hydrogen-bond donors (Lipinski definition) is 1. The van der Waals surface area contributed by atoms with Crippen molar-refractivity contribution in [2.75, 3.05) is 26.2 Å². The van der Waals surface area contributed by atoms with E-state index >= 15 is 0 Å². The van der Waals surface area contributed by atoms with Gasteiger partial charge in [-0.2, -0.15) is 0 Å². The third-order valence-corrected chi connectivity index (χ3v) is 6.46. The predicted octanol–water partition coefficient (Wildman–Crippen LogP) is 3.35. The lowest BCUT2D eigenvalue weighted by Gasteiger charge is -2.35. The van der Waals surface area contributed by atoms with Gasteiger partial charge in [0.25, 0.3) is 5.91 Å². The third-order valence-electron chi connectivity index (χ3n) is 6.22. The number of nitrogens with two attached hydrogens (primary N) is 1. The van der Waals surface area contributed by atoms with E-state index in [0.29, 0.717) is 55.2 Å². The van der Waals surface area contributed by atoms with Gasteiger partial charge in [0.2, 0.25) is 5.91 Å². The summed E-state index contributed by atoms with van der Waals surface area (Å²) in [5.41, 5.74) is 8.31. The first kappa shape index (κ1) is 21.7. The first-order valence-corrected chi connectivity index (χ1v) is 10.8. The van der Waals surface area contributed by atoms with Crippen LogP contribution in [0.4, 0.5) is 8.78 Å². The van der Waals surface area contributed by atoms with Crippen molar-refractivity contribution in [2.45, 2.75) is 31.2 Å². The maximum Gasteiger partial charge on any atom is 0.254 e. The van der Waals surface area contributed by atoms with Gasteiger partial charge in [-0.15, -0.1) is 0 Å². The van der Waals surface area contributed by atoms with Crippen molar-refractivity contribution < 1.29 is 18.4 Å². The topological polar surface area (TPSA) is 66.6 Å². The summed E-state index contributed by atoms with van der Waals surface area (Å²) >= 11 is 5.97. The largest absolute Gasteiger partial charge is 0.339 e. The van der Waals surface area contributed by atoms with E-state index in [2.05, 4.69) is 0 Å². The molecule has 1 fully saturated rings. The standard InChI is InChI=1S/C23H24ClF2N3O2/c24-16-3-1-2-15(10-16)23(31)29-8-6-28(7-9-29)22(30)13-21(27)17-5-4-14-11-19(25)20(26)12-18(14)17/h1-3,10-12,17,21H,4-9,13,27H2/t17-,21-/m0/s1. The maximum atomic E-state index is 13.7. The fourth-order valence-corrected chi connectivity index (χ4v) is 4.70. The summed E-state index contributed by atoms with van der Waals surface area (Å²) in [6.45, 7) is 1.73. The highest BCUT2D eigenvalue weighted by Crippen LogP contribution is 2.37. The van der Waals surface area contributed by atoms with Crippen molar-refractivity contribution in [2.24, 2.45) is 5.73 Å². The van der Waals surface area contributed by atoms with E-state index in [1.165, 1.54) is 12.1 Å². The number of halogens is 3. The Morgan fingerprint density at radius 3 is 2.45 bits per heavy atom. The van der Waals surface area contributed by atoms with Gasteiger partial charge in [-0.25, -0.2) is 8.78 Å². The second-order valence-electron chi connectivity index (χ2n) is 8.16. The zero-order chi connectivity index (χ0) is 22.1. The first-order valence-electron chi connectivity index (χ1n) is 10.4. The van der Waals surface area contributed by atoms with Gasteiger partial charge in [0.15, 0.2) is 11.6 Å². The van der Waals surface area contributed by atoms with Gasteiger partial charge in [0.05, 0.1) is 0 Å². The molecule has 5 nitrogen and oxygen atoms in total. The summed E-state index contributed by atoms with van der Waals surface area (Å²) in [4.78, 5) is 28.8. The van der Waals surface area contributed by atoms with Crippen LogP contribution in [0.5, 0.6) is 0 Å². The highest BCUT2D eigenvalue weighted by Gasteiger charge is 2.32. The van der Waals surface area contributed by atoms with Gasteiger partial charge in [-0.1, -0.05) is 17.7 Å². The predicted molar refractivity (Wildman–Crippen MR) is 114 cm³/mol. The van der Waals surface area contributed by atoms with Crippen LogP contribution in [-0.2, 0) is 11.2 Å². The molecule has 1 saturated heterocycles. The van der Waals surface area contributed by atoms with Crippen LogP contribution in [0, 0.1) is 11.6 Å². The van der Waals surface area contributed by atoms with Gasteiger partial charge < -0.3 is 15.5 Å². The smallest absolute Gasteiger partial charge is 0.254 e. The van der Waals surface area contributed by atoms with Gasteiger partial charge in [0, 0.05) is 55.1 Å². The molecular weight excluding hydrogens is 424 g/mol. The van der Waals surface area contributed by atoms with Crippen LogP contribution in [0.2, 0.25) is 5.02 Å². The zero-order valence-electron chi connectivity index (χ0n) is 17.0. The number of amides is 2. The van der Waals surface area contributed by atoms with Crippen molar-refractivity contribution in [3.63, 3.8) is 0 Å². The molecule has 0 unspecified atom stereocenters. The van der Waals surface area contributed by atoms with Crippen LogP contribution in [0.15, 0.2) is 36.4 Å². The SMILES string of the molecule is N[C@@H](CC(=O)N1CCN(C(=O)c2cccc(Cl)c2)CC1)[C@H]1CCc2cc(F)c(F)cc21. The van der Waals surface area contributed by atoms with E-state index in [0.717, 1.165) is 5.56 Å². The second kappa shape index (κ2) is 8.93. The summed E-state index contributed by atoms with van der Waals surface area (Å²) in [6, 6.07) is 8.78. The Hall–Kier alpha value is -2.51. The molecule has 2 aliphatic rings. The average Bonchev–Trinajstić information content (AvgIpc) is 3.16. The third kappa shape index (κ3) is 4.57. The van der Waals surface area contributed by atoms with Crippen LogP contribution in [0.25, 0.3) is 0 Å². The number of benzene rings is 2. The summed E-state index contributed by atoms with van der Waals surface area (Å²) < 4.78 is 27.2. The fourth-order valence-electron chi connectivity index (χ4n) is 4.51. The molecule has 1 heterocycles. The molecule has 0 aromatic heterocycles. The van der Waals surface area contributed by atoms with Gasteiger partial charge >= 0.3 is 0 Å². The Morgan fingerprint density at radius 2 is 1.74 bits per heavy atom. The number of aryl methyl sites for hydroxylation is 1. The van der Waals surface area contributed by atoms with E-state index in [1.54, 1.807) is 34.1 Å². The highest BCUT2D eigenvalue weighted by atomic mass is 35.5. The lowest BCUT2D eigenvalue weighted by Crippen LogP contribution is -2.51. The van der Waals surface area contributed by atoms with Gasteiger partial charge in [-0.05, 0) is 54.3 Å². The number of carbonyl (C=O) groups is 2. The Bertz CT molecular complexity index is 1010. The molecule has 2 aromatic rings. The minimum absolute atomic E-state index is 0.0848. The van der Waals surface area contributed by atoms with E-state index in [9.17, 15) is 18.4 Å². The molecular formula is C23H24ClF2N3O2. The molecule has 2 amide bonds. The van der Waals surface area contributed by atoms with E-state index < -0.39 is 17.7 Å². The molecule has 8 heteroatoms. The van der Waals surface area contributed by atoms with Crippen LogP contribution >= 0.6 is 11.6 Å². The second-order valence-corrected chi connectivity index (χ2v) is 8.60. The van der Waals surface area contributed by atoms with Gasteiger partial charge in [0.1, 0.15) is 0 Å². The molecule has 1 aliphatic heterocycles. The number of carbonyl (C=O) groups excluding carboxylic acids is 2. The van der Waals surface area contributed by atoms with Crippen molar-refractivity contribution in [1.82, 2.24) is 9.80 Å².